The lowest BCUT2D eigenvalue weighted by molar-refractivity contribution is 0.0474. The van der Waals surface area contributed by atoms with E-state index in [1.807, 2.05) is 0 Å². The molecule has 2 aromatic carbocycles. The highest BCUT2D eigenvalue weighted by Gasteiger charge is 2.26. The molecule has 1 aliphatic rings. The van der Waals surface area contributed by atoms with Gasteiger partial charge >= 0.3 is 5.97 Å². The average molecular weight is 375 g/mol. The first kappa shape index (κ1) is 17.9. The third-order valence-electron chi connectivity index (χ3n) is 4.09. The van der Waals surface area contributed by atoms with Gasteiger partial charge in [0.1, 0.15) is 5.75 Å². The second kappa shape index (κ2) is 6.80. The SMILES string of the molecule is CS(=O)(=O)N1CCc2cc(C(=O)COC(=O)c3ccc(O)cc3)ccc21. The predicted molar refractivity (Wildman–Crippen MR) is 95.1 cm³/mol. The van der Waals surface area contributed by atoms with E-state index < -0.39 is 22.6 Å². The minimum absolute atomic E-state index is 0.0268. The van der Waals surface area contributed by atoms with Gasteiger partial charge in [0.25, 0.3) is 0 Å². The Balaban J connectivity index is 1.68. The van der Waals surface area contributed by atoms with Crippen LogP contribution >= 0.6 is 0 Å². The molecule has 0 aromatic heterocycles. The number of nitrogens with zero attached hydrogens (tertiary/aromatic N) is 1. The molecule has 26 heavy (non-hydrogen) atoms. The summed E-state index contributed by atoms with van der Waals surface area (Å²) in [5.41, 5.74) is 1.93. The molecule has 0 spiro atoms. The maximum absolute atomic E-state index is 12.3. The maximum atomic E-state index is 12.3. The number of rotatable bonds is 5. The van der Waals surface area contributed by atoms with Crippen LogP contribution in [0.1, 0.15) is 26.3 Å². The summed E-state index contributed by atoms with van der Waals surface area (Å²) < 4.78 is 29.8. The number of aromatic hydroxyl groups is 1. The van der Waals surface area contributed by atoms with Gasteiger partial charge in [-0.1, -0.05) is 0 Å². The fraction of sp³-hybridized carbons (Fsp3) is 0.222. The monoisotopic (exact) mass is 375 g/mol. The minimum atomic E-state index is -3.34. The summed E-state index contributed by atoms with van der Waals surface area (Å²) in [7, 11) is -3.34. The Hall–Kier alpha value is -2.87. The third-order valence-corrected chi connectivity index (χ3v) is 5.27. The zero-order chi connectivity index (χ0) is 18.9. The lowest BCUT2D eigenvalue weighted by atomic mass is 10.1. The number of phenolic OH excluding ortho intramolecular Hbond substituents is 1. The molecule has 0 amide bonds. The fourth-order valence-electron chi connectivity index (χ4n) is 2.78. The molecule has 1 heterocycles. The number of phenols is 1. The third kappa shape index (κ3) is 3.70. The molecule has 3 rings (SSSR count). The van der Waals surface area contributed by atoms with Gasteiger partial charge in [0.05, 0.1) is 17.5 Å². The van der Waals surface area contributed by atoms with Gasteiger partial charge in [0.2, 0.25) is 10.0 Å². The van der Waals surface area contributed by atoms with Crippen LogP contribution in [0.2, 0.25) is 0 Å². The van der Waals surface area contributed by atoms with E-state index in [9.17, 15) is 23.1 Å². The molecule has 7 nitrogen and oxygen atoms in total. The number of esters is 1. The van der Waals surface area contributed by atoms with Crippen molar-refractivity contribution in [3.8, 4) is 5.75 Å². The molecule has 1 N–H and O–H groups in total. The second-order valence-corrected chi connectivity index (χ2v) is 7.88. The van der Waals surface area contributed by atoms with Crippen molar-refractivity contribution in [2.24, 2.45) is 0 Å². The molecule has 0 saturated carbocycles. The molecular formula is C18H17NO6S. The molecule has 0 bridgehead atoms. The van der Waals surface area contributed by atoms with E-state index >= 15 is 0 Å². The van der Waals surface area contributed by atoms with E-state index in [0.717, 1.165) is 11.8 Å². The van der Waals surface area contributed by atoms with Gasteiger partial charge in [-0.2, -0.15) is 0 Å². The maximum Gasteiger partial charge on any atom is 0.338 e. The Morgan fingerprint density at radius 3 is 2.42 bits per heavy atom. The van der Waals surface area contributed by atoms with Crippen LogP contribution < -0.4 is 4.31 Å². The van der Waals surface area contributed by atoms with Gasteiger partial charge in [-0.05, 0) is 54.4 Å². The Morgan fingerprint density at radius 2 is 1.77 bits per heavy atom. The van der Waals surface area contributed by atoms with Crippen molar-refractivity contribution < 1.29 is 27.9 Å². The molecule has 1 aliphatic heterocycles. The van der Waals surface area contributed by atoms with Crippen LogP contribution in [0.15, 0.2) is 42.5 Å². The van der Waals surface area contributed by atoms with E-state index in [4.69, 9.17) is 4.74 Å². The van der Waals surface area contributed by atoms with Gasteiger partial charge in [-0.25, -0.2) is 13.2 Å². The summed E-state index contributed by atoms with van der Waals surface area (Å²) in [6, 6.07) is 10.3. The van der Waals surface area contributed by atoms with Crippen LogP contribution in [-0.2, 0) is 21.2 Å². The Morgan fingerprint density at radius 1 is 1.12 bits per heavy atom. The predicted octanol–water partition coefficient (Wildman–Crippen LogP) is 1.75. The molecule has 0 unspecified atom stereocenters. The second-order valence-electron chi connectivity index (χ2n) is 5.97. The highest BCUT2D eigenvalue weighted by molar-refractivity contribution is 7.92. The summed E-state index contributed by atoms with van der Waals surface area (Å²) in [6.07, 6.45) is 1.67. The number of ketones is 1. The molecule has 0 fully saturated rings. The van der Waals surface area contributed by atoms with Crippen LogP contribution in [-0.4, -0.2) is 44.7 Å². The average Bonchev–Trinajstić information content (AvgIpc) is 3.03. The van der Waals surface area contributed by atoms with Crippen molar-refractivity contribution in [1.29, 1.82) is 0 Å². The summed E-state index contributed by atoms with van der Waals surface area (Å²) >= 11 is 0. The van der Waals surface area contributed by atoms with Crippen LogP contribution in [0, 0.1) is 0 Å². The van der Waals surface area contributed by atoms with Crippen LogP contribution in [0.4, 0.5) is 5.69 Å². The van der Waals surface area contributed by atoms with Gasteiger partial charge in [0, 0.05) is 12.1 Å². The molecule has 8 heteroatoms. The largest absolute Gasteiger partial charge is 0.508 e. The van der Waals surface area contributed by atoms with Crippen LogP contribution in [0.5, 0.6) is 5.75 Å². The first-order valence-corrected chi connectivity index (χ1v) is 9.70. The molecule has 0 aliphatic carbocycles. The van der Waals surface area contributed by atoms with E-state index in [-0.39, 0.29) is 17.1 Å². The van der Waals surface area contributed by atoms with Crippen molar-refractivity contribution in [3.63, 3.8) is 0 Å². The molecule has 2 aromatic rings. The zero-order valence-electron chi connectivity index (χ0n) is 14.0. The van der Waals surface area contributed by atoms with E-state index in [1.54, 1.807) is 12.1 Å². The van der Waals surface area contributed by atoms with Crippen molar-refractivity contribution in [2.45, 2.75) is 6.42 Å². The highest BCUT2D eigenvalue weighted by Crippen LogP contribution is 2.30. The lowest BCUT2D eigenvalue weighted by Crippen LogP contribution is -2.27. The Kier molecular flexibility index (Phi) is 4.69. The molecule has 0 radical (unpaired) electrons. The number of fused-ring (bicyclic) bond motifs is 1. The summed E-state index contributed by atoms with van der Waals surface area (Å²) in [5, 5.41) is 9.20. The van der Waals surface area contributed by atoms with Crippen LogP contribution in [0.3, 0.4) is 0 Å². The van der Waals surface area contributed by atoms with Crippen molar-refractivity contribution in [2.75, 3.05) is 23.7 Å². The normalized spacial score (nSPS) is 13.3. The number of Topliss-reactive ketones (excluding diaryl/α,β-unsaturated/α-hetero) is 1. The standard InChI is InChI=1S/C18H17NO6S/c1-26(23,24)19-9-8-13-10-14(4-7-16(13)19)17(21)11-25-18(22)12-2-5-15(20)6-3-12/h2-7,10,20H,8-9,11H2,1H3. The zero-order valence-corrected chi connectivity index (χ0v) is 14.8. The quantitative estimate of drug-likeness (QED) is 0.631. The topological polar surface area (TPSA) is 101 Å². The number of hydrogen-bond acceptors (Lipinski definition) is 6. The highest BCUT2D eigenvalue weighted by atomic mass is 32.2. The molecular weight excluding hydrogens is 358 g/mol. The summed E-state index contributed by atoms with van der Waals surface area (Å²) in [4.78, 5) is 24.2. The number of sulfonamides is 1. The number of hydrogen-bond donors (Lipinski definition) is 1. The van der Waals surface area contributed by atoms with Gasteiger partial charge in [-0.15, -0.1) is 0 Å². The molecule has 136 valence electrons. The van der Waals surface area contributed by atoms with Crippen molar-refractivity contribution in [1.82, 2.24) is 0 Å². The van der Waals surface area contributed by atoms with Gasteiger partial charge in [-0.3, -0.25) is 9.10 Å². The Labute approximate surface area is 150 Å². The summed E-state index contributed by atoms with van der Waals surface area (Å²) in [6.45, 7) is -0.0735. The summed E-state index contributed by atoms with van der Waals surface area (Å²) in [5.74, 6) is -1.01. The fourth-order valence-corrected chi connectivity index (χ4v) is 3.74. The number of carbonyl (C=O) groups excluding carboxylic acids is 2. The van der Waals surface area contributed by atoms with Gasteiger partial charge in [0.15, 0.2) is 12.4 Å². The van der Waals surface area contributed by atoms with Crippen LogP contribution in [0.25, 0.3) is 0 Å². The number of anilines is 1. The Bertz CT molecular complexity index is 966. The molecule has 0 atom stereocenters. The minimum Gasteiger partial charge on any atom is -0.508 e. The first-order chi connectivity index (χ1) is 12.3. The van der Waals surface area contributed by atoms with Crippen molar-refractivity contribution >= 4 is 27.5 Å². The van der Waals surface area contributed by atoms with Crippen molar-refractivity contribution in [3.05, 3.63) is 59.2 Å². The number of carbonyl (C=O) groups is 2. The van der Waals surface area contributed by atoms with Gasteiger partial charge < -0.3 is 9.84 Å². The smallest absolute Gasteiger partial charge is 0.338 e. The molecule has 0 saturated heterocycles. The van der Waals surface area contributed by atoms with E-state index in [1.165, 1.54) is 34.6 Å². The lowest BCUT2D eigenvalue weighted by Gasteiger charge is -2.16. The first-order valence-electron chi connectivity index (χ1n) is 7.86. The van der Waals surface area contributed by atoms with E-state index in [2.05, 4.69) is 0 Å². The van der Waals surface area contributed by atoms with E-state index in [0.29, 0.717) is 24.2 Å². The number of ether oxygens (including phenoxy) is 1. The number of benzene rings is 2.